The molecule has 1 rings (SSSR count). The monoisotopic (exact) mass is 293 g/mol. The van der Waals surface area contributed by atoms with Crippen LogP contribution in [0.5, 0.6) is 0 Å². The van der Waals surface area contributed by atoms with Gasteiger partial charge in [0.25, 0.3) is 0 Å². The van der Waals surface area contributed by atoms with Gasteiger partial charge in [0.1, 0.15) is 0 Å². The number of nitrogens with one attached hydrogen (secondary N) is 2. The molecular formula is C11H23N3O4S. The Bertz CT molecular complexity index is 391. The predicted octanol–water partition coefficient (Wildman–Crippen LogP) is 0.440. The molecule has 1 fully saturated rings. The second-order valence-electron chi connectivity index (χ2n) is 4.91. The summed E-state index contributed by atoms with van der Waals surface area (Å²) in [7, 11) is -2.73. The zero-order valence-corrected chi connectivity index (χ0v) is 12.5. The average molecular weight is 293 g/mol. The molecular weight excluding hydrogens is 270 g/mol. The molecule has 1 unspecified atom stereocenters. The molecule has 1 atom stereocenters. The van der Waals surface area contributed by atoms with Gasteiger partial charge in [-0.3, -0.25) is 0 Å². The van der Waals surface area contributed by atoms with Gasteiger partial charge in [-0.15, -0.1) is 0 Å². The van der Waals surface area contributed by atoms with Gasteiger partial charge in [0, 0.05) is 18.6 Å². The molecule has 7 nitrogen and oxygen atoms in total. The minimum Gasteiger partial charge on any atom is -0.452 e. The first-order chi connectivity index (χ1) is 8.86. The van der Waals surface area contributed by atoms with Gasteiger partial charge in [0.2, 0.25) is 0 Å². The smallest absolute Gasteiger partial charge is 0.421 e. The summed E-state index contributed by atoms with van der Waals surface area (Å²) >= 11 is 0. The molecule has 0 aromatic carbocycles. The highest BCUT2D eigenvalue weighted by Crippen LogP contribution is 2.13. The van der Waals surface area contributed by atoms with Crippen LogP contribution in [0.3, 0.4) is 0 Å². The number of nitrogens with zero attached hydrogens (tertiary/aromatic N) is 1. The van der Waals surface area contributed by atoms with E-state index in [9.17, 15) is 13.2 Å². The second-order valence-corrected chi connectivity index (χ2v) is 6.53. The van der Waals surface area contributed by atoms with Crippen molar-refractivity contribution >= 4 is 16.3 Å². The maximum atomic E-state index is 12.1. The Hall–Kier alpha value is -0.860. The van der Waals surface area contributed by atoms with Crippen LogP contribution in [0.2, 0.25) is 0 Å². The fourth-order valence-electron chi connectivity index (χ4n) is 2.09. The first-order valence-electron chi connectivity index (χ1n) is 6.47. The number of hydrogen-bond donors (Lipinski definition) is 2. The van der Waals surface area contributed by atoms with E-state index in [1.54, 1.807) is 13.8 Å². The molecule has 0 bridgehead atoms. The Morgan fingerprint density at radius 2 is 2.16 bits per heavy atom. The third kappa shape index (κ3) is 4.96. The van der Waals surface area contributed by atoms with Gasteiger partial charge in [0.05, 0.1) is 7.11 Å². The number of carbonyl (C=O) groups excluding carboxylic acids is 1. The van der Waals surface area contributed by atoms with Gasteiger partial charge in [-0.2, -0.15) is 12.7 Å². The topological polar surface area (TPSA) is 87.7 Å². The summed E-state index contributed by atoms with van der Waals surface area (Å²) in [5.74, 6) is 0. The van der Waals surface area contributed by atoms with Crippen molar-refractivity contribution in [3.05, 3.63) is 0 Å². The van der Waals surface area contributed by atoms with Gasteiger partial charge in [-0.25, -0.2) is 9.52 Å². The Morgan fingerprint density at radius 3 is 2.63 bits per heavy atom. The molecule has 1 aliphatic heterocycles. The summed E-state index contributed by atoms with van der Waals surface area (Å²) in [6, 6.07) is -0.101. The average Bonchev–Trinajstić information content (AvgIpc) is 2.36. The zero-order valence-electron chi connectivity index (χ0n) is 11.7. The van der Waals surface area contributed by atoms with Crippen LogP contribution < -0.4 is 10.0 Å². The first-order valence-corrected chi connectivity index (χ1v) is 7.91. The number of rotatable bonds is 5. The Balaban J connectivity index is 2.72. The van der Waals surface area contributed by atoms with Gasteiger partial charge >= 0.3 is 16.3 Å². The summed E-state index contributed by atoms with van der Waals surface area (Å²) in [6.07, 6.45) is 2.18. The van der Waals surface area contributed by atoms with Crippen LogP contribution in [0, 0.1) is 0 Å². The second kappa shape index (κ2) is 7.06. The van der Waals surface area contributed by atoms with Crippen molar-refractivity contribution in [2.75, 3.05) is 20.2 Å². The van der Waals surface area contributed by atoms with Crippen LogP contribution in [-0.4, -0.2) is 51.1 Å². The SMILES string of the molecule is COC(=O)NS(=O)(=O)N(CC1CCCCN1)C(C)C. The van der Waals surface area contributed by atoms with Crippen LogP contribution in [-0.2, 0) is 14.9 Å². The van der Waals surface area contributed by atoms with Crippen molar-refractivity contribution < 1.29 is 17.9 Å². The van der Waals surface area contributed by atoms with E-state index in [0.29, 0.717) is 6.54 Å². The lowest BCUT2D eigenvalue weighted by Gasteiger charge is -2.31. The van der Waals surface area contributed by atoms with E-state index in [1.807, 2.05) is 4.72 Å². The molecule has 2 N–H and O–H groups in total. The predicted molar refractivity (Wildman–Crippen MR) is 71.9 cm³/mol. The Morgan fingerprint density at radius 1 is 1.47 bits per heavy atom. The zero-order chi connectivity index (χ0) is 14.5. The summed E-state index contributed by atoms with van der Waals surface area (Å²) < 4.78 is 31.7. The van der Waals surface area contributed by atoms with E-state index in [-0.39, 0.29) is 12.1 Å². The normalized spacial score (nSPS) is 20.6. The van der Waals surface area contributed by atoms with Crippen molar-refractivity contribution in [3.8, 4) is 0 Å². The van der Waals surface area contributed by atoms with Crippen LogP contribution in [0.15, 0.2) is 0 Å². The quantitative estimate of drug-likeness (QED) is 0.768. The molecule has 112 valence electrons. The third-order valence-electron chi connectivity index (χ3n) is 3.10. The number of methoxy groups -OCH3 is 1. The molecule has 0 radical (unpaired) electrons. The molecule has 0 saturated carbocycles. The number of amides is 1. The highest BCUT2D eigenvalue weighted by Gasteiger charge is 2.30. The molecule has 1 saturated heterocycles. The molecule has 19 heavy (non-hydrogen) atoms. The molecule has 0 aliphatic carbocycles. The standard InChI is InChI=1S/C11H23N3O4S/c1-9(2)14(8-10-6-4-5-7-12-10)19(16,17)13-11(15)18-3/h9-10,12H,4-8H2,1-3H3,(H,13,15). The molecule has 0 aromatic heterocycles. The van der Waals surface area contributed by atoms with Crippen molar-refractivity contribution in [1.82, 2.24) is 14.3 Å². The number of ether oxygens (including phenoxy) is 1. The molecule has 0 spiro atoms. The van der Waals surface area contributed by atoms with Crippen LogP contribution in [0.1, 0.15) is 33.1 Å². The number of carbonyl (C=O) groups is 1. The van der Waals surface area contributed by atoms with E-state index < -0.39 is 16.3 Å². The largest absolute Gasteiger partial charge is 0.452 e. The van der Waals surface area contributed by atoms with Gasteiger partial charge in [-0.1, -0.05) is 6.42 Å². The lowest BCUT2D eigenvalue weighted by atomic mass is 10.1. The fraction of sp³-hybridized carbons (Fsp3) is 0.909. The van der Waals surface area contributed by atoms with Crippen molar-refractivity contribution in [2.45, 2.75) is 45.2 Å². The van der Waals surface area contributed by atoms with Gasteiger partial charge in [-0.05, 0) is 33.2 Å². The summed E-state index contributed by atoms with van der Waals surface area (Å²) in [6.45, 7) is 4.81. The third-order valence-corrected chi connectivity index (χ3v) is 4.71. The molecule has 0 aromatic rings. The van der Waals surface area contributed by atoms with E-state index in [2.05, 4.69) is 10.1 Å². The van der Waals surface area contributed by atoms with Gasteiger partial charge in [0.15, 0.2) is 0 Å². The van der Waals surface area contributed by atoms with Crippen LogP contribution >= 0.6 is 0 Å². The highest BCUT2D eigenvalue weighted by atomic mass is 32.2. The van der Waals surface area contributed by atoms with E-state index in [4.69, 9.17) is 0 Å². The first kappa shape index (κ1) is 16.2. The maximum absolute atomic E-state index is 12.1. The minimum absolute atomic E-state index is 0.130. The molecule has 1 aliphatic rings. The lowest BCUT2D eigenvalue weighted by Crippen LogP contribution is -2.52. The lowest BCUT2D eigenvalue weighted by molar-refractivity contribution is 0.176. The fourth-order valence-corrected chi connectivity index (χ4v) is 3.43. The minimum atomic E-state index is -3.86. The van der Waals surface area contributed by atoms with Crippen molar-refractivity contribution in [1.29, 1.82) is 0 Å². The Kier molecular flexibility index (Phi) is 6.02. The highest BCUT2D eigenvalue weighted by molar-refractivity contribution is 7.87. The molecule has 1 heterocycles. The van der Waals surface area contributed by atoms with Crippen molar-refractivity contribution in [2.24, 2.45) is 0 Å². The molecule has 1 amide bonds. The number of piperidine rings is 1. The summed E-state index contributed by atoms with van der Waals surface area (Å²) in [5.41, 5.74) is 0. The van der Waals surface area contributed by atoms with E-state index >= 15 is 0 Å². The summed E-state index contributed by atoms with van der Waals surface area (Å²) in [5, 5.41) is 3.29. The molecule has 8 heteroatoms. The van der Waals surface area contributed by atoms with Crippen LogP contribution in [0.4, 0.5) is 4.79 Å². The Labute approximate surface area is 114 Å². The summed E-state index contributed by atoms with van der Waals surface area (Å²) in [4.78, 5) is 11.1. The van der Waals surface area contributed by atoms with Crippen LogP contribution in [0.25, 0.3) is 0 Å². The van der Waals surface area contributed by atoms with E-state index in [1.165, 1.54) is 4.31 Å². The van der Waals surface area contributed by atoms with E-state index in [0.717, 1.165) is 32.9 Å². The van der Waals surface area contributed by atoms with Gasteiger partial charge < -0.3 is 10.1 Å². The maximum Gasteiger partial charge on any atom is 0.421 e. The number of hydrogen-bond acceptors (Lipinski definition) is 5. The van der Waals surface area contributed by atoms with Crippen molar-refractivity contribution in [3.63, 3.8) is 0 Å².